The van der Waals surface area contributed by atoms with Crippen LogP contribution in [0.25, 0.3) is 20.2 Å². The van der Waals surface area contributed by atoms with Crippen molar-refractivity contribution in [1.82, 2.24) is 0 Å². The van der Waals surface area contributed by atoms with Crippen molar-refractivity contribution in [3.05, 3.63) is 60.7 Å². The first-order valence-electron chi connectivity index (χ1n) is 10.4. The van der Waals surface area contributed by atoms with Gasteiger partial charge >= 0.3 is 0 Å². The third-order valence-corrected chi connectivity index (χ3v) is 11.3. The molecular weight excluding hydrogens is 403 g/mol. The minimum Gasteiger partial charge on any atom is -0.343 e. The summed E-state index contributed by atoms with van der Waals surface area (Å²) < 4.78 is 2.88. The van der Waals surface area contributed by atoms with Crippen LogP contribution in [-0.2, 0) is 0 Å². The summed E-state index contributed by atoms with van der Waals surface area (Å²) in [5.41, 5.74) is 2.55. The van der Waals surface area contributed by atoms with Crippen LogP contribution >= 0.6 is 11.3 Å². The van der Waals surface area contributed by atoms with E-state index in [9.17, 15) is 0 Å². The zero-order valence-corrected chi connectivity index (χ0v) is 21.4. The Morgan fingerprint density at radius 1 is 0.655 bits per heavy atom. The van der Waals surface area contributed by atoms with E-state index in [0.717, 1.165) is 0 Å². The SMILES string of the molecule is CN(c1ccc([Si](C)(C)C)cc1)c1cccc2c1sc1c([Si](C)(C)C)cccc12. The molecular formula is C25H31NSSi2. The Labute approximate surface area is 181 Å². The van der Waals surface area contributed by atoms with Gasteiger partial charge in [-0.05, 0) is 23.4 Å². The van der Waals surface area contributed by atoms with Crippen LogP contribution in [0, 0.1) is 0 Å². The molecule has 0 saturated carbocycles. The number of fused-ring (bicyclic) bond motifs is 3. The highest BCUT2D eigenvalue weighted by molar-refractivity contribution is 7.28. The highest BCUT2D eigenvalue weighted by Gasteiger charge is 2.22. The van der Waals surface area contributed by atoms with Crippen LogP contribution < -0.4 is 15.3 Å². The summed E-state index contributed by atoms with van der Waals surface area (Å²) in [6.45, 7) is 14.5. The quantitative estimate of drug-likeness (QED) is 0.316. The molecule has 4 heteroatoms. The Morgan fingerprint density at radius 2 is 1.24 bits per heavy atom. The maximum atomic E-state index is 2.44. The van der Waals surface area contributed by atoms with Gasteiger partial charge in [0, 0.05) is 28.2 Å². The van der Waals surface area contributed by atoms with E-state index in [0.29, 0.717) is 0 Å². The van der Waals surface area contributed by atoms with Gasteiger partial charge in [0.2, 0.25) is 0 Å². The van der Waals surface area contributed by atoms with Crippen LogP contribution in [0.3, 0.4) is 0 Å². The lowest BCUT2D eigenvalue weighted by atomic mass is 10.1. The van der Waals surface area contributed by atoms with Crippen LogP contribution in [0.15, 0.2) is 60.7 Å². The summed E-state index contributed by atoms with van der Waals surface area (Å²) in [5, 5.41) is 5.88. The Kier molecular flexibility index (Phi) is 5.00. The average Bonchev–Trinajstić information content (AvgIpc) is 3.04. The van der Waals surface area contributed by atoms with Crippen molar-refractivity contribution >= 4 is 69.4 Å². The summed E-state index contributed by atoms with van der Waals surface area (Å²) in [5.74, 6) is 0. The highest BCUT2D eigenvalue weighted by Crippen LogP contribution is 2.40. The number of hydrogen-bond acceptors (Lipinski definition) is 2. The maximum Gasteiger partial charge on any atom is 0.0794 e. The molecule has 1 aromatic heterocycles. The average molecular weight is 434 g/mol. The van der Waals surface area contributed by atoms with E-state index in [-0.39, 0.29) is 0 Å². The van der Waals surface area contributed by atoms with Gasteiger partial charge in [-0.25, -0.2) is 0 Å². The van der Waals surface area contributed by atoms with Gasteiger partial charge < -0.3 is 4.90 Å². The van der Waals surface area contributed by atoms with E-state index in [1.54, 1.807) is 5.19 Å². The van der Waals surface area contributed by atoms with Crippen molar-refractivity contribution in [3.8, 4) is 0 Å². The molecule has 1 nitrogen and oxygen atoms in total. The Balaban J connectivity index is 1.86. The first kappa shape index (κ1) is 20.4. The molecule has 0 atom stereocenters. The minimum atomic E-state index is -1.39. The van der Waals surface area contributed by atoms with Gasteiger partial charge in [0.1, 0.15) is 0 Å². The van der Waals surface area contributed by atoms with Gasteiger partial charge in [-0.1, -0.05) is 86.9 Å². The fraction of sp³-hybridized carbons (Fsp3) is 0.280. The Hall–Kier alpha value is -1.89. The van der Waals surface area contributed by atoms with E-state index >= 15 is 0 Å². The summed E-state index contributed by atoms with van der Waals surface area (Å²) in [7, 11) is -0.469. The van der Waals surface area contributed by atoms with Gasteiger partial charge in [0.05, 0.1) is 26.5 Å². The summed E-state index contributed by atoms with van der Waals surface area (Å²) in [4.78, 5) is 2.35. The van der Waals surface area contributed by atoms with Gasteiger partial charge in [-0.2, -0.15) is 0 Å². The van der Waals surface area contributed by atoms with E-state index in [4.69, 9.17) is 0 Å². The molecule has 0 fully saturated rings. The first-order valence-corrected chi connectivity index (χ1v) is 18.2. The molecule has 0 spiro atoms. The topological polar surface area (TPSA) is 3.24 Å². The maximum absolute atomic E-state index is 2.44. The van der Waals surface area contributed by atoms with Gasteiger partial charge in [0.25, 0.3) is 0 Å². The molecule has 0 aliphatic rings. The molecule has 0 unspecified atom stereocenters. The molecule has 0 N–H and O–H groups in total. The van der Waals surface area contributed by atoms with E-state index < -0.39 is 16.1 Å². The molecule has 0 bridgehead atoms. The van der Waals surface area contributed by atoms with Gasteiger partial charge in [-0.3, -0.25) is 0 Å². The van der Waals surface area contributed by atoms with Gasteiger partial charge in [-0.15, -0.1) is 11.3 Å². The van der Waals surface area contributed by atoms with Crippen molar-refractivity contribution in [3.63, 3.8) is 0 Å². The van der Waals surface area contributed by atoms with Crippen LogP contribution in [0.4, 0.5) is 11.4 Å². The monoisotopic (exact) mass is 433 g/mol. The fourth-order valence-corrected chi connectivity index (χ4v) is 8.90. The largest absolute Gasteiger partial charge is 0.343 e. The molecule has 29 heavy (non-hydrogen) atoms. The van der Waals surface area contributed by atoms with E-state index in [1.807, 2.05) is 11.3 Å². The third-order valence-electron chi connectivity index (χ3n) is 5.79. The molecule has 0 saturated heterocycles. The van der Waals surface area contributed by atoms with Crippen molar-refractivity contribution in [2.24, 2.45) is 0 Å². The van der Waals surface area contributed by atoms with Gasteiger partial charge in [0.15, 0.2) is 0 Å². The van der Waals surface area contributed by atoms with E-state index in [1.165, 1.54) is 36.7 Å². The number of nitrogens with zero attached hydrogens (tertiary/aromatic N) is 1. The van der Waals surface area contributed by atoms with Crippen LogP contribution in [0.5, 0.6) is 0 Å². The zero-order chi connectivity index (χ0) is 21.0. The molecule has 1 heterocycles. The number of anilines is 2. The predicted molar refractivity (Wildman–Crippen MR) is 140 cm³/mol. The number of rotatable bonds is 4. The molecule has 3 aromatic carbocycles. The lowest BCUT2D eigenvalue weighted by Crippen LogP contribution is -2.37. The lowest BCUT2D eigenvalue weighted by Gasteiger charge is -2.22. The molecule has 0 aliphatic heterocycles. The molecule has 4 aromatic rings. The lowest BCUT2D eigenvalue weighted by molar-refractivity contribution is 1.23. The second-order valence-corrected chi connectivity index (χ2v) is 21.2. The van der Waals surface area contributed by atoms with Crippen LogP contribution in [0.2, 0.25) is 39.3 Å². The summed E-state index contributed by atoms with van der Waals surface area (Å²) in [6.07, 6.45) is 0. The third kappa shape index (κ3) is 3.69. The smallest absolute Gasteiger partial charge is 0.0794 e. The summed E-state index contributed by atoms with van der Waals surface area (Å²) >= 11 is 1.97. The Bertz CT molecular complexity index is 1180. The second-order valence-electron chi connectivity index (χ2n) is 10.0. The molecule has 0 amide bonds. The van der Waals surface area contributed by atoms with E-state index in [2.05, 4.69) is 112 Å². The number of hydrogen-bond donors (Lipinski definition) is 0. The molecule has 0 radical (unpaired) electrons. The normalized spacial score (nSPS) is 12.7. The number of thiophene rings is 1. The molecule has 4 rings (SSSR count). The first-order chi connectivity index (χ1) is 13.6. The highest BCUT2D eigenvalue weighted by atomic mass is 32.1. The number of benzene rings is 3. The van der Waals surface area contributed by atoms with Crippen LogP contribution in [-0.4, -0.2) is 23.2 Å². The van der Waals surface area contributed by atoms with Crippen molar-refractivity contribution in [1.29, 1.82) is 0 Å². The fourth-order valence-electron chi connectivity index (χ4n) is 3.98. The Morgan fingerprint density at radius 3 is 1.83 bits per heavy atom. The predicted octanol–water partition coefficient (Wildman–Crippen LogP) is 6.91. The zero-order valence-electron chi connectivity index (χ0n) is 18.6. The van der Waals surface area contributed by atoms with Crippen molar-refractivity contribution in [2.45, 2.75) is 39.3 Å². The summed E-state index contributed by atoms with van der Waals surface area (Å²) in [6, 6.07) is 22.9. The van der Waals surface area contributed by atoms with Crippen molar-refractivity contribution in [2.75, 3.05) is 11.9 Å². The van der Waals surface area contributed by atoms with Crippen molar-refractivity contribution < 1.29 is 0 Å². The molecule has 150 valence electrons. The van der Waals surface area contributed by atoms with Crippen LogP contribution in [0.1, 0.15) is 0 Å². The molecule has 0 aliphatic carbocycles. The minimum absolute atomic E-state index is 1.25. The second kappa shape index (κ2) is 7.11. The standard InChI is InChI=1S/C25H31NSSi2/c1-26(18-14-16-19(17-15-18)28(2,3)4)22-12-8-10-20-21-11-9-13-23(29(5,6)7)25(21)27-24(20)22/h8-17H,1-7H3.